The molecule has 140 valence electrons. The molecular formula is C18H28N2O4S. The quantitative estimate of drug-likeness (QED) is 0.825. The zero-order valence-corrected chi connectivity index (χ0v) is 15.7. The van der Waals surface area contributed by atoms with E-state index in [-0.39, 0.29) is 23.1 Å². The molecule has 25 heavy (non-hydrogen) atoms. The number of rotatable bonds is 4. The van der Waals surface area contributed by atoms with Crippen LogP contribution in [0.3, 0.4) is 0 Å². The molecule has 4 unspecified atom stereocenters. The van der Waals surface area contributed by atoms with E-state index in [1.165, 1.54) is 0 Å². The van der Waals surface area contributed by atoms with Gasteiger partial charge in [0.1, 0.15) is 0 Å². The number of hydrogen-bond acceptors (Lipinski definition) is 5. The highest BCUT2D eigenvalue weighted by Crippen LogP contribution is 2.39. The smallest absolute Gasteiger partial charge is 0.243 e. The zero-order valence-electron chi connectivity index (χ0n) is 14.9. The van der Waals surface area contributed by atoms with Crippen molar-refractivity contribution in [2.24, 2.45) is 5.92 Å². The topological polar surface area (TPSA) is 81.9 Å². The molecule has 0 spiro atoms. The fourth-order valence-electron chi connectivity index (χ4n) is 4.30. The van der Waals surface area contributed by atoms with E-state index in [4.69, 9.17) is 15.2 Å². The molecule has 1 saturated carbocycles. The molecular weight excluding hydrogens is 340 g/mol. The molecule has 3 rings (SSSR count). The fraction of sp³-hybridized carbons (Fsp3) is 0.667. The average molecular weight is 368 g/mol. The van der Waals surface area contributed by atoms with Gasteiger partial charge in [-0.2, -0.15) is 4.31 Å². The Morgan fingerprint density at radius 1 is 1.12 bits per heavy atom. The summed E-state index contributed by atoms with van der Waals surface area (Å²) in [5.74, 6) is 0.301. The summed E-state index contributed by atoms with van der Waals surface area (Å²) in [6, 6.07) is 6.52. The van der Waals surface area contributed by atoms with Crippen LogP contribution in [0.25, 0.3) is 0 Å². The summed E-state index contributed by atoms with van der Waals surface area (Å²) < 4.78 is 39.5. The second-order valence-corrected chi connectivity index (χ2v) is 8.92. The maximum atomic E-state index is 13.3. The summed E-state index contributed by atoms with van der Waals surface area (Å²) in [4.78, 5) is 0.274. The molecule has 6 nitrogen and oxygen atoms in total. The Bertz CT molecular complexity index is 694. The van der Waals surface area contributed by atoms with Crippen LogP contribution in [0.2, 0.25) is 0 Å². The van der Waals surface area contributed by atoms with Gasteiger partial charge in [0, 0.05) is 32.5 Å². The molecule has 1 saturated heterocycles. The summed E-state index contributed by atoms with van der Waals surface area (Å²) in [5, 5.41) is 0. The molecule has 0 bridgehead atoms. The Hall–Kier alpha value is -1.15. The van der Waals surface area contributed by atoms with Crippen LogP contribution in [0.1, 0.15) is 32.1 Å². The van der Waals surface area contributed by atoms with Gasteiger partial charge in [0.05, 0.1) is 17.1 Å². The SMILES string of the molecule is COC1CC2CCCCN(S(=O)(=O)c3cccc(N)c3)C2CC1OC. The first-order valence-electron chi connectivity index (χ1n) is 8.90. The van der Waals surface area contributed by atoms with E-state index in [0.717, 1.165) is 25.7 Å². The van der Waals surface area contributed by atoms with Crippen molar-refractivity contribution in [1.82, 2.24) is 4.31 Å². The Labute approximate surface area is 150 Å². The lowest BCUT2D eigenvalue weighted by molar-refractivity contribution is -0.0863. The van der Waals surface area contributed by atoms with Gasteiger partial charge in [0.2, 0.25) is 10.0 Å². The third-order valence-electron chi connectivity index (χ3n) is 5.61. The van der Waals surface area contributed by atoms with Gasteiger partial charge < -0.3 is 15.2 Å². The predicted molar refractivity (Wildman–Crippen MR) is 96.7 cm³/mol. The molecule has 7 heteroatoms. The number of ether oxygens (including phenoxy) is 2. The van der Waals surface area contributed by atoms with E-state index < -0.39 is 10.0 Å². The third kappa shape index (κ3) is 3.69. The molecule has 0 amide bonds. The largest absolute Gasteiger partial charge is 0.399 e. The fourth-order valence-corrected chi connectivity index (χ4v) is 6.09. The molecule has 2 fully saturated rings. The van der Waals surface area contributed by atoms with Gasteiger partial charge >= 0.3 is 0 Å². The van der Waals surface area contributed by atoms with Crippen molar-refractivity contribution in [3.05, 3.63) is 24.3 Å². The minimum atomic E-state index is -3.58. The Morgan fingerprint density at radius 3 is 2.52 bits per heavy atom. The summed E-state index contributed by atoms with van der Waals surface area (Å²) in [6.45, 7) is 0.548. The van der Waals surface area contributed by atoms with Crippen LogP contribution in [0, 0.1) is 5.92 Å². The highest BCUT2D eigenvalue weighted by Gasteiger charge is 2.44. The van der Waals surface area contributed by atoms with Crippen molar-refractivity contribution in [1.29, 1.82) is 0 Å². The monoisotopic (exact) mass is 368 g/mol. The van der Waals surface area contributed by atoms with E-state index in [2.05, 4.69) is 0 Å². The van der Waals surface area contributed by atoms with E-state index in [1.807, 2.05) is 0 Å². The number of sulfonamides is 1. The van der Waals surface area contributed by atoms with Crippen molar-refractivity contribution >= 4 is 15.7 Å². The van der Waals surface area contributed by atoms with Crippen LogP contribution in [-0.4, -0.2) is 51.7 Å². The highest BCUT2D eigenvalue weighted by molar-refractivity contribution is 7.89. The first-order valence-corrected chi connectivity index (χ1v) is 10.3. The molecule has 1 aromatic rings. The second-order valence-electron chi connectivity index (χ2n) is 7.03. The molecule has 0 aromatic heterocycles. The van der Waals surface area contributed by atoms with Crippen LogP contribution in [0.5, 0.6) is 0 Å². The number of anilines is 1. The van der Waals surface area contributed by atoms with Gasteiger partial charge in [-0.1, -0.05) is 12.5 Å². The summed E-state index contributed by atoms with van der Waals surface area (Å²) >= 11 is 0. The lowest BCUT2D eigenvalue weighted by Gasteiger charge is -2.43. The van der Waals surface area contributed by atoms with Crippen LogP contribution in [0.4, 0.5) is 5.69 Å². The first kappa shape index (κ1) is 18.6. The average Bonchev–Trinajstić information content (AvgIpc) is 2.82. The molecule has 1 heterocycles. The molecule has 4 atom stereocenters. The summed E-state index contributed by atoms with van der Waals surface area (Å²) in [7, 11) is -0.203. The number of nitrogens with two attached hydrogens (primary N) is 1. The van der Waals surface area contributed by atoms with Crippen molar-refractivity contribution < 1.29 is 17.9 Å². The molecule has 1 aromatic carbocycles. The van der Waals surface area contributed by atoms with Gasteiger partial charge in [-0.15, -0.1) is 0 Å². The molecule has 1 aliphatic heterocycles. The van der Waals surface area contributed by atoms with Crippen LogP contribution < -0.4 is 5.73 Å². The maximum absolute atomic E-state index is 13.3. The number of nitrogens with zero attached hydrogens (tertiary/aromatic N) is 1. The summed E-state index contributed by atoms with van der Waals surface area (Å²) in [5.41, 5.74) is 6.27. The van der Waals surface area contributed by atoms with E-state index >= 15 is 0 Å². The third-order valence-corrected chi connectivity index (χ3v) is 7.53. The molecule has 1 aliphatic carbocycles. The van der Waals surface area contributed by atoms with E-state index in [0.29, 0.717) is 24.6 Å². The number of hydrogen-bond donors (Lipinski definition) is 1. The van der Waals surface area contributed by atoms with Gasteiger partial charge in [0.15, 0.2) is 0 Å². The van der Waals surface area contributed by atoms with Crippen molar-refractivity contribution in [2.45, 2.75) is 55.2 Å². The lowest BCUT2D eigenvalue weighted by atomic mass is 9.79. The minimum absolute atomic E-state index is 0.0290. The van der Waals surface area contributed by atoms with Crippen LogP contribution in [0.15, 0.2) is 29.2 Å². The Kier molecular flexibility index (Phi) is 5.68. The number of nitrogen functional groups attached to an aromatic ring is 1. The Balaban J connectivity index is 1.94. The molecule has 2 aliphatic rings. The molecule has 0 radical (unpaired) electrons. The van der Waals surface area contributed by atoms with Gasteiger partial charge in [-0.3, -0.25) is 0 Å². The second kappa shape index (κ2) is 7.61. The van der Waals surface area contributed by atoms with Gasteiger partial charge in [-0.25, -0.2) is 8.42 Å². The van der Waals surface area contributed by atoms with Gasteiger partial charge in [0.25, 0.3) is 0 Å². The standard InChI is InChI=1S/C18H28N2O4S/c1-23-17-10-13-6-3-4-9-20(16(13)12-18(17)24-2)25(21,22)15-8-5-7-14(19)11-15/h5,7-8,11,13,16-18H,3-4,6,9-10,12,19H2,1-2H3. The van der Waals surface area contributed by atoms with E-state index in [1.54, 1.807) is 42.8 Å². The van der Waals surface area contributed by atoms with Crippen molar-refractivity contribution in [3.8, 4) is 0 Å². The highest BCUT2D eigenvalue weighted by atomic mass is 32.2. The lowest BCUT2D eigenvalue weighted by Crippen LogP contribution is -2.52. The van der Waals surface area contributed by atoms with Crippen molar-refractivity contribution in [2.75, 3.05) is 26.5 Å². The van der Waals surface area contributed by atoms with E-state index in [9.17, 15) is 8.42 Å². The number of benzene rings is 1. The normalized spacial score (nSPS) is 31.3. The van der Waals surface area contributed by atoms with Crippen molar-refractivity contribution in [3.63, 3.8) is 0 Å². The minimum Gasteiger partial charge on any atom is -0.399 e. The molecule has 2 N–H and O–H groups in total. The Morgan fingerprint density at radius 2 is 1.84 bits per heavy atom. The van der Waals surface area contributed by atoms with Crippen LogP contribution >= 0.6 is 0 Å². The predicted octanol–water partition coefficient (Wildman–Crippen LogP) is 2.25. The number of fused-ring (bicyclic) bond motifs is 1. The van der Waals surface area contributed by atoms with Crippen LogP contribution in [-0.2, 0) is 19.5 Å². The zero-order chi connectivity index (χ0) is 18.0. The maximum Gasteiger partial charge on any atom is 0.243 e. The number of methoxy groups -OCH3 is 2. The van der Waals surface area contributed by atoms with Gasteiger partial charge in [-0.05, 0) is 49.8 Å². The first-order chi connectivity index (χ1) is 12.0. The summed E-state index contributed by atoms with van der Waals surface area (Å²) in [6.07, 6.45) is 4.40.